The third kappa shape index (κ3) is 1.40. The summed E-state index contributed by atoms with van der Waals surface area (Å²) in [6.45, 7) is 0.924. The van der Waals surface area contributed by atoms with Gasteiger partial charge >= 0.3 is 0 Å². The van der Waals surface area contributed by atoms with Gasteiger partial charge in [0.05, 0.1) is 12.6 Å². The van der Waals surface area contributed by atoms with Crippen LogP contribution >= 0.6 is 0 Å². The fourth-order valence-corrected chi connectivity index (χ4v) is 1.19. The zero-order valence-corrected chi connectivity index (χ0v) is 5.29. The SMILES string of the molecule is [O-][NH2+]N1CCC[C@H]1CO. The molecule has 0 aliphatic carbocycles. The van der Waals surface area contributed by atoms with Crippen molar-refractivity contribution in [1.82, 2.24) is 5.01 Å². The van der Waals surface area contributed by atoms with E-state index >= 15 is 0 Å². The largest absolute Gasteiger partial charge is 0.614 e. The first kappa shape index (κ1) is 6.95. The molecule has 0 radical (unpaired) electrons. The second-order valence-corrected chi connectivity index (χ2v) is 2.32. The number of aliphatic hydroxyl groups is 1. The number of hydrogen-bond donors (Lipinski definition) is 2. The lowest BCUT2D eigenvalue weighted by Crippen LogP contribution is -2.89. The molecule has 54 valence electrons. The van der Waals surface area contributed by atoms with Crippen molar-refractivity contribution in [2.24, 2.45) is 0 Å². The van der Waals surface area contributed by atoms with Crippen LogP contribution in [0.2, 0.25) is 0 Å². The second-order valence-electron chi connectivity index (χ2n) is 2.32. The monoisotopic (exact) mass is 132 g/mol. The number of nitrogens with zero attached hydrogens (tertiary/aromatic N) is 1. The maximum atomic E-state index is 10.2. The van der Waals surface area contributed by atoms with Crippen molar-refractivity contribution >= 4 is 0 Å². The Morgan fingerprint density at radius 2 is 2.56 bits per heavy atom. The molecule has 0 saturated carbocycles. The molecule has 1 atom stereocenters. The van der Waals surface area contributed by atoms with E-state index in [1.807, 2.05) is 0 Å². The predicted molar refractivity (Wildman–Crippen MR) is 32.1 cm³/mol. The van der Waals surface area contributed by atoms with E-state index in [-0.39, 0.29) is 12.6 Å². The zero-order valence-electron chi connectivity index (χ0n) is 5.29. The van der Waals surface area contributed by atoms with E-state index in [1.165, 1.54) is 0 Å². The minimum absolute atomic E-state index is 0.0995. The summed E-state index contributed by atoms with van der Waals surface area (Å²) in [4.78, 5) is 0. The number of quaternary nitrogens is 1. The Kier molecular flexibility index (Phi) is 2.41. The van der Waals surface area contributed by atoms with Crippen LogP contribution in [-0.4, -0.2) is 29.3 Å². The number of aliphatic hydroxyl groups excluding tert-OH is 1. The van der Waals surface area contributed by atoms with Crippen molar-refractivity contribution in [2.75, 3.05) is 13.2 Å². The van der Waals surface area contributed by atoms with E-state index in [1.54, 1.807) is 5.01 Å². The highest BCUT2D eigenvalue weighted by Gasteiger charge is 2.24. The molecule has 1 aliphatic heterocycles. The third-order valence-corrected chi connectivity index (χ3v) is 1.77. The maximum absolute atomic E-state index is 10.2. The van der Waals surface area contributed by atoms with E-state index in [0.717, 1.165) is 25.0 Å². The van der Waals surface area contributed by atoms with Crippen LogP contribution < -0.4 is 5.59 Å². The first-order valence-electron chi connectivity index (χ1n) is 3.20. The summed E-state index contributed by atoms with van der Waals surface area (Å²) in [5.74, 6) is 0. The van der Waals surface area contributed by atoms with Crippen LogP contribution in [0.1, 0.15) is 12.8 Å². The van der Waals surface area contributed by atoms with E-state index in [4.69, 9.17) is 5.11 Å². The molecule has 1 fully saturated rings. The van der Waals surface area contributed by atoms with Crippen LogP contribution in [0.3, 0.4) is 0 Å². The Balaban J connectivity index is 2.32. The topological polar surface area (TPSA) is 63.1 Å². The quantitative estimate of drug-likeness (QED) is 0.352. The van der Waals surface area contributed by atoms with Crippen molar-refractivity contribution in [2.45, 2.75) is 18.9 Å². The molecule has 0 spiro atoms. The molecule has 0 aromatic carbocycles. The molecular weight excluding hydrogens is 120 g/mol. The molecule has 0 aromatic heterocycles. The van der Waals surface area contributed by atoms with Crippen LogP contribution in [-0.2, 0) is 0 Å². The van der Waals surface area contributed by atoms with Gasteiger partial charge in [0.2, 0.25) is 0 Å². The van der Waals surface area contributed by atoms with Gasteiger partial charge in [0, 0.05) is 6.54 Å². The summed E-state index contributed by atoms with van der Waals surface area (Å²) < 4.78 is 0. The summed E-state index contributed by atoms with van der Waals surface area (Å²) in [6, 6.07) is 0.0995. The van der Waals surface area contributed by atoms with E-state index in [0.29, 0.717) is 0 Å². The standard InChI is InChI=1S/C5H12N2O2/c8-4-5-2-1-3-7(5)6-9/h5,8H,1-4,6H2/t5-/m0/s1. The Bertz CT molecular complexity index is 79.0. The fourth-order valence-electron chi connectivity index (χ4n) is 1.19. The molecule has 0 unspecified atom stereocenters. The van der Waals surface area contributed by atoms with Crippen LogP contribution in [0.15, 0.2) is 0 Å². The van der Waals surface area contributed by atoms with Crippen LogP contribution in [0.5, 0.6) is 0 Å². The average Bonchev–Trinajstić information content (AvgIpc) is 2.33. The molecule has 1 saturated heterocycles. The first-order chi connectivity index (χ1) is 4.38. The van der Waals surface area contributed by atoms with Gasteiger partial charge in [-0.2, -0.15) is 5.01 Å². The summed E-state index contributed by atoms with van der Waals surface area (Å²) in [6.07, 6.45) is 1.99. The van der Waals surface area contributed by atoms with Gasteiger partial charge in [-0.25, -0.2) is 0 Å². The number of rotatable bonds is 2. The van der Waals surface area contributed by atoms with Gasteiger partial charge < -0.3 is 15.9 Å². The molecule has 4 nitrogen and oxygen atoms in total. The summed E-state index contributed by atoms with van der Waals surface area (Å²) in [7, 11) is 0. The van der Waals surface area contributed by atoms with Gasteiger partial charge in [0.25, 0.3) is 0 Å². The smallest absolute Gasteiger partial charge is 0.0818 e. The zero-order chi connectivity index (χ0) is 6.69. The fraction of sp³-hybridized carbons (Fsp3) is 1.00. The van der Waals surface area contributed by atoms with Gasteiger partial charge in [-0.05, 0) is 12.8 Å². The lowest BCUT2D eigenvalue weighted by molar-refractivity contribution is -0.756. The van der Waals surface area contributed by atoms with Crippen molar-refractivity contribution in [3.8, 4) is 0 Å². The van der Waals surface area contributed by atoms with E-state index in [9.17, 15) is 5.21 Å². The molecule has 4 heteroatoms. The highest BCUT2D eigenvalue weighted by molar-refractivity contribution is 4.70. The summed E-state index contributed by atoms with van der Waals surface area (Å²) in [5, 5.41) is 20.5. The van der Waals surface area contributed by atoms with E-state index < -0.39 is 0 Å². The summed E-state index contributed by atoms with van der Waals surface area (Å²) in [5.41, 5.74) is 0.813. The van der Waals surface area contributed by atoms with Gasteiger partial charge in [0.1, 0.15) is 0 Å². The van der Waals surface area contributed by atoms with Crippen LogP contribution in [0, 0.1) is 5.21 Å². The molecule has 0 aromatic rings. The third-order valence-electron chi connectivity index (χ3n) is 1.77. The molecule has 0 amide bonds. The van der Waals surface area contributed by atoms with Crippen molar-refractivity contribution < 1.29 is 10.7 Å². The number of nitrogens with two attached hydrogens (primary N) is 1. The Labute approximate surface area is 54.0 Å². The second kappa shape index (κ2) is 3.12. The van der Waals surface area contributed by atoms with E-state index in [2.05, 4.69) is 0 Å². The summed E-state index contributed by atoms with van der Waals surface area (Å²) >= 11 is 0. The normalized spacial score (nSPS) is 29.3. The van der Waals surface area contributed by atoms with Crippen molar-refractivity contribution in [1.29, 1.82) is 0 Å². The van der Waals surface area contributed by atoms with Crippen molar-refractivity contribution in [3.63, 3.8) is 0 Å². The van der Waals surface area contributed by atoms with Crippen LogP contribution in [0.4, 0.5) is 0 Å². The Hall–Kier alpha value is -0.160. The van der Waals surface area contributed by atoms with Gasteiger partial charge in [-0.15, -0.1) is 0 Å². The highest BCUT2D eigenvalue weighted by Crippen LogP contribution is 2.10. The number of hydrogen-bond acceptors (Lipinski definition) is 3. The predicted octanol–water partition coefficient (Wildman–Crippen LogP) is -1.58. The minimum atomic E-state index is 0.0995. The molecule has 1 rings (SSSR count). The average molecular weight is 132 g/mol. The van der Waals surface area contributed by atoms with Crippen LogP contribution in [0.25, 0.3) is 0 Å². The van der Waals surface area contributed by atoms with Gasteiger partial charge in [-0.1, -0.05) is 0 Å². The lowest BCUT2D eigenvalue weighted by atomic mass is 10.2. The molecule has 9 heavy (non-hydrogen) atoms. The van der Waals surface area contributed by atoms with Gasteiger partial charge in [-0.3, -0.25) is 0 Å². The molecule has 1 heterocycles. The lowest BCUT2D eigenvalue weighted by Gasteiger charge is -2.20. The van der Waals surface area contributed by atoms with Crippen molar-refractivity contribution in [3.05, 3.63) is 5.21 Å². The molecule has 3 N–H and O–H groups in total. The Morgan fingerprint density at radius 3 is 3.00 bits per heavy atom. The molecule has 0 bridgehead atoms. The highest BCUT2D eigenvalue weighted by atomic mass is 16.5. The minimum Gasteiger partial charge on any atom is -0.614 e. The molecule has 1 aliphatic rings. The molecular formula is C5H12N2O2. The van der Waals surface area contributed by atoms with Gasteiger partial charge in [0.15, 0.2) is 0 Å². The Morgan fingerprint density at radius 1 is 1.78 bits per heavy atom. The maximum Gasteiger partial charge on any atom is 0.0818 e. The first-order valence-corrected chi connectivity index (χ1v) is 3.20.